The maximum Gasteiger partial charge on any atom is 0.238 e. The first kappa shape index (κ1) is 47.8. The van der Waals surface area contributed by atoms with E-state index in [2.05, 4.69) is 72.9 Å². The maximum atomic E-state index is 15.4. The van der Waals surface area contributed by atoms with Crippen molar-refractivity contribution in [2.24, 2.45) is 17.3 Å². The van der Waals surface area contributed by atoms with Crippen molar-refractivity contribution in [3.63, 3.8) is 0 Å². The van der Waals surface area contributed by atoms with Crippen molar-refractivity contribution in [1.82, 2.24) is 39.5 Å². The Morgan fingerprint density at radius 2 is 1.54 bits per heavy atom. The lowest BCUT2D eigenvalue weighted by molar-refractivity contribution is -0.157. The van der Waals surface area contributed by atoms with Gasteiger partial charge in [0, 0.05) is 93.2 Å². The van der Waals surface area contributed by atoms with Gasteiger partial charge in [-0.25, -0.2) is 15.0 Å². The first-order chi connectivity index (χ1) is 35.9. The second-order valence-electron chi connectivity index (χ2n) is 24.1. The SMILES string of the molecule is CC(C)n1cnc2cc(-c3ccc4c(c3)N(C3CC(N5CCCCC5)C3)C(=O)C43CCN(C(=O)C4CN(C(=O)C5CCN(c6ccc([C@H]7CCC(=O)NC7=O)cn6)CC5)CCC45CCC5)CC3)nc(NC3CC3)c21. The van der Waals surface area contributed by atoms with Crippen molar-refractivity contribution in [3.05, 3.63) is 60.0 Å². The highest BCUT2D eigenvalue weighted by atomic mass is 16.2. The first-order valence-corrected chi connectivity index (χ1v) is 28.4. The van der Waals surface area contributed by atoms with Gasteiger partial charge in [0.1, 0.15) is 11.3 Å². The summed E-state index contributed by atoms with van der Waals surface area (Å²) in [5.41, 5.74) is 5.95. The Kier molecular flexibility index (Phi) is 12.1. The fraction of sp³-hybridized carbons (Fsp3) is 0.621. The Morgan fingerprint density at radius 3 is 2.23 bits per heavy atom. The Hall–Kier alpha value is -5.90. The van der Waals surface area contributed by atoms with Gasteiger partial charge < -0.3 is 34.4 Å². The summed E-state index contributed by atoms with van der Waals surface area (Å²) in [5.74, 6) is 1.01. The Balaban J connectivity index is 0.708. The van der Waals surface area contributed by atoms with Crippen molar-refractivity contribution < 1.29 is 24.0 Å². The number of carbonyl (C=O) groups excluding carboxylic acids is 5. The zero-order valence-corrected chi connectivity index (χ0v) is 43.4. The number of rotatable bonds is 10. The highest BCUT2D eigenvalue weighted by molar-refractivity contribution is 6.09. The van der Waals surface area contributed by atoms with Crippen molar-refractivity contribution in [1.29, 1.82) is 0 Å². The number of imide groups is 1. The highest BCUT2D eigenvalue weighted by Gasteiger charge is 2.58. The number of fused-ring (bicyclic) bond motifs is 3. The number of pyridine rings is 2. The molecule has 0 bridgehead atoms. The lowest BCUT2D eigenvalue weighted by Gasteiger charge is -2.54. The molecule has 0 radical (unpaired) electrons. The molecule has 1 aromatic carbocycles. The van der Waals surface area contributed by atoms with Gasteiger partial charge in [-0.2, -0.15) is 0 Å². The molecule has 13 rings (SSSR count). The Bertz CT molecular complexity index is 2860. The summed E-state index contributed by atoms with van der Waals surface area (Å²) in [7, 11) is 0. The van der Waals surface area contributed by atoms with Gasteiger partial charge in [0.15, 0.2) is 5.82 Å². The van der Waals surface area contributed by atoms with E-state index in [1.54, 1.807) is 6.20 Å². The first-order valence-electron chi connectivity index (χ1n) is 28.4. The van der Waals surface area contributed by atoms with E-state index in [-0.39, 0.29) is 64.8 Å². The molecule has 2 atom stereocenters. The molecule has 5 amide bonds. The molecular weight excluding hydrogens is 931 g/mol. The molecule has 9 aliphatic rings. The smallest absolute Gasteiger partial charge is 0.238 e. The predicted molar refractivity (Wildman–Crippen MR) is 282 cm³/mol. The normalized spacial score (nSPS) is 27.1. The number of nitrogens with zero attached hydrogens (tertiary/aromatic N) is 9. The lowest BCUT2D eigenvalue weighted by Crippen LogP contribution is -2.61. The van der Waals surface area contributed by atoms with Gasteiger partial charge in [-0.3, -0.25) is 29.3 Å². The summed E-state index contributed by atoms with van der Waals surface area (Å²) in [5, 5.41) is 6.16. The molecule has 390 valence electrons. The van der Waals surface area contributed by atoms with Crippen LogP contribution in [0.5, 0.6) is 0 Å². The van der Waals surface area contributed by atoms with Crippen LogP contribution in [-0.4, -0.2) is 134 Å². The number of likely N-dealkylation sites (tertiary alicyclic amines) is 3. The topological polar surface area (TPSA) is 169 Å². The van der Waals surface area contributed by atoms with Crippen molar-refractivity contribution >= 4 is 57.9 Å². The quantitative estimate of drug-likeness (QED) is 0.153. The van der Waals surface area contributed by atoms with Crippen LogP contribution in [0.4, 0.5) is 17.3 Å². The number of hydrogen-bond acceptors (Lipinski definition) is 11. The number of amides is 5. The number of aromatic nitrogens is 4. The number of benzene rings is 1. The third-order valence-corrected chi connectivity index (χ3v) is 19.6. The van der Waals surface area contributed by atoms with Crippen LogP contribution < -0.4 is 20.4 Å². The van der Waals surface area contributed by atoms with Crippen LogP contribution in [0.25, 0.3) is 22.3 Å². The van der Waals surface area contributed by atoms with Crippen LogP contribution >= 0.6 is 0 Å². The molecule has 6 aliphatic heterocycles. The van der Waals surface area contributed by atoms with Crippen LogP contribution in [-0.2, 0) is 29.4 Å². The molecule has 3 aromatic heterocycles. The van der Waals surface area contributed by atoms with Crippen LogP contribution in [0.3, 0.4) is 0 Å². The summed E-state index contributed by atoms with van der Waals surface area (Å²) in [4.78, 5) is 95.0. The molecule has 3 saturated carbocycles. The van der Waals surface area contributed by atoms with Gasteiger partial charge in [0.25, 0.3) is 0 Å². The molecule has 74 heavy (non-hydrogen) atoms. The van der Waals surface area contributed by atoms with E-state index < -0.39 is 5.41 Å². The number of nitrogens with one attached hydrogen (secondary N) is 2. The molecule has 1 unspecified atom stereocenters. The fourth-order valence-electron chi connectivity index (χ4n) is 14.6. The molecule has 16 heteroatoms. The molecule has 16 nitrogen and oxygen atoms in total. The summed E-state index contributed by atoms with van der Waals surface area (Å²) >= 11 is 0. The Labute approximate surface area is 434 Å². The number of anilines is 3. The third kappa shape index (κ3) is 8.27. The maximum absolute atomic E-state index is 15.4. The lowest BCUT2D eigenvalue weighted by atomic mass is 9.57. The molecule has 8 fully saturated rings. The number of piperidine rings is 5. The number of imidazole rings is 1. The van der Waals surface area contributed by atoms with E-state index in [0.29, 0.717) is 89.9 Å². The molecule has 2 N–H and O–H groups in total. The zero-order chi connectivity index (χ0) is 50.5. The molecular formula is C58H73N11O5. The molecule has 9 heterocycles. The minimum Gasteiger partial charge on any atom is -0.366 e. The van der Waals surface area contributed by atoms with Crippen molar-refractivity contribution in [3.8, 4) is 11.3 Å². The van der Waals surface area contributed by atoms with Crippen molar-refractivity contribution in [2.45, 2.75) is 159 Å². The number of carbonyl (C=O) groups is 5. The highest BCUT2D eigenvalue weighted by Crippen LogP contribution is 2.55. The van der Waals surface area contributed by atoms with E-state index in [1.807, 2.05) is 23.4 Å². The second-order valence-corrected chi connectivity index (χ2v) is 24.1. The van der Waals surface area contributed by atoms with Crippen LogP contribution in [0.15, 0.2) is 48.9 Å². The third-order valence-electron chi connectivity index (χ3n) is 19.6. The van der Waals surface area contributed by atoms with Gasteiger partial charge in [-0.05, 0) is 152 Å². The summed E-state index contributed by atoms with van der Waals surface area (Å²) < 4.78 is 2.20. The minimum absolute atomic E-state index is 0.0614. The van der Waals surface area contributed by atoms with Crippen LogP contribution in [0.1, 0.15) is 146 Å². The largest absolute Gasteiger partial charge is 0.366 e. The van der Waals surface area contributed by atoms with Gasteiger partial charge >= 0.3 is 0 Å². The predicted octanol–water partition coefficient (Wildman–Crippen LogP) is 7.33. The van der Waals surface area contributed by atoms with Crippen LogP contribution in [0.2, 0.25) is 0 Å². The molecule has 2 spiro atoms. The fourth-order valence-corrected chi connectivity index (χ4v) is 14.6. The zero-order valence-electron chi connectivity index (χ0n) is 43.4. The summed E-state index contributed by atoms with van der Waals surface area (Å²) in [6.07, 6.45) is 19.2. The molecule has 3 aliphatic carbocycles. The van der Waals surface area contributed by atoms with Crippen LogP contribution in [0, 0.1) is 17.3 Å². The Morgan fingerprint density at radius 1 is 0.770 bits per heavy atom. The average molecular weight is 1000 g/mol. The van der Waals surface area contributed by atoms with Gasteiger partial charge in [-0.1, -0.05) is 31.0 Å². The van der Waals surface area contributed by atoms with E-state index in [1.165, 1.54) is 19.3 Å². The molecule has 4 aromatic rings. The summed E-state index contributed by atoms with van der Waals surface area (Å²) in [6.45, 7) is 10.3. The summed E-state index contributed by atoms with van der Waals surface area (Å²) in [6, 6.07) is 13.9. The van der Waals surface area contributed by atoms with E-state index in [9.17, 15) is 14.4 Å². The van der Waals surface area contributed by atoms with Gasteiger partial charge in [0.05, 0.1) is 34.8 Å². The second kappa shape index (κ2) is 18.7. The van der Waals surface area contributed by atoms with Gasteiger partial charge in [-0.15, -0.1) is 0 Å². The van der Waals surface area contributed by atoms with Gasteiger partial charge in [0.2, 0.25) is 29.5 Å². The van der Waals surface area contributed by atoms with E-state index in [0.717, 1.165) is 115 Å². The van der Waals surface area contributed by atoms with Crippen molar-refractivity contribution in [2.75, 3.05) is 67.5 Å². The average Bonchev–Trinajstić information content (AvgIpc) is 4.06. The van der Waals surface area contributed by atoms with E-state index >= 15 is 9.59 Å². The number of hydrogen-bond donors (Lipinski definition) is 2. The minimum atomic E-state index is -0.699. The monoisotopic (exact) mass is 1000 g/mol. The standard InChI is InChI=1S/C58H73N11O5/c1-36(2)68-35-60-47-32-46(62-52(51(47)68)61-40-9-10-40)38-7-12-44-48(29-38)69(42-30-41(31-42)64-22-4-3-5-23-64)56(74)58(44)20-27-66(28-21-58)55(73)45-34-67(26-19-57(45)17-6-18-57)54(72)37-15-24-65(25-16-37)49-13-8-39(33-59-49)43-11-14-50(70)63-53(43)71/h7-8,12-13,29,32-33,35-37,40-43,45H,3-6,9-11,14-28,30-31,34H2,1-2H3,(H,61,62)(H,63,70,71)/t41?,42?,43-,45?/m1/s1. The van der Waals surface area contributed by atoms with E-state index in [4.69, 9.17) is 15.0 Å². The molecule has 5 saturated heterocycles.